The van der Waals surface area contributed by atoms with E-state index in [9.17, 15) is 22.4 Å². The highest BCUT2D eigenvalue weighted by Gasteiger charge is 2.21. The Balaban J connectivity index is 2.03. The first kappa shape index (κ1) is 17.1. The first-order valence-corrected chi connectivity index (χ1v) is 8.47. The van der Waals surface area contributed by atoms with Crippen molar-refractivity contribution in [1.82, 2.24) is 14.9 Å². The van der Waals surface area contributed by atoms with Crippen LogP contribution in [0.15, 0.2) is 28.6 Å². The topological polar surface area (TPSA) is 118 Å². The lowest BCUT2D eigenvalue weighted by molar-refractivity contribution is -0.114. The molecule has 1 heterocycles. The van der Waals surface area contributed by atoms with Crippen molar-refractivity contribution in [3.8, 4) is 0 Å². The molecule has 0 aliphatic carbocycles. The van der Waals surface area contributed by atoms with Crippen molar-refractivity contribution in [2.24, 2.45) is 0 Å². The van der Waals surface area contributed by atoms with Crippen LogP contribution in [0, 0.1) is 5.82 Å². The van der Waals surface area contributed by atoms with E-state index in [1.54, 1.807) is 0 Å². The third-order valence-corrected chi connectivity index (χ3v) is 5.12. The standard InChI is InChI=1S/C12H11FN4O4S2/c1-7(18)15-11-16-17-12(22-11)23(20,21)14-6-10(19)8-2-4-9(13)5-3-8/h2-5,14H,6H2,1H3,(H,15,16,18). The summed E-state index contributed by atoms with van der Waals surface area (Å²) in [7, 11) is -4.04. The highest BCUT2D eigenvalue weighted by atomic mass is 32.2. The maximum atomic E-state index is 12.8. The van der Waals surface area contributed by atoms with E-state index in [1.165, 1.54) is 19.1 Å². The highest BCUT2D eigenvalue weighted by Crippen LogP contribution is 2.19. The smallest absolute Gasteiger partial charge is 0.270 e. The number of hydrogen-bond acceptors (Lipinski definition) is 7. The molecule has 2 rings (SSSR count). The molecule has 8 nitrogen and oxygen atoms in total. The van der Waals surface area contributed by atoms with Gasteiger partial charge >= 0.3 is 0 Å². The van der Waals surface area contributed by atoms with Gasteiger partial charge in [0.25, 0.3) is 10.0 Å². The van der Waals surface area contributed by atoms with E-state index >= 15 is 0 Å². The van der Waals surface area contributed by atoms with Crippen molar-refractivity contribution in [2.75, 3.05) is 11.9 Å². The number of anilines is 1. The number of rotatable bonds is 6. The fraction of sp³-hybridized carbons (Fsp3) is 0.167. The van der Waals surface area contributed by atoms with Gasteiger partial charge in [0, 0.05) is 12.5 Å². The molecule has 0 radical (unpaired) electrons. The molecular weight excluding hydrogens is 347 g/mol. The second kappa shape index (κ2) is 6.89. The van der Waals surface area contributed by atoms with Crippen LogP contribution in [0.2, 0.25) is 0 Å². The molecular formula is C12H11FN4O4S2. The highest BCUT2D eigenvalue weighted by molar-refractivity contribution is 7.91. The second-order valence-corrected chi connectivity index (χ2v) is 7.23. The van der Waals surface area contributed by atoms with E-state index in [0.29, 0.717) is 11.3 Å². The Kier molecular flexibility index (Phi) is 5.13. The van der Waals surface area contributed by atoms with Crippen molar-refractivity contribution < 1.29 is 22.4 Å². The summed E-state index contributed by atoms with van der Waals surface area (Å²) in [4.78, 5) is 22.7. The normalized spacial score (nSPS) is 11.2. The predicted octanol–water partition coefficient (Wildman–Crippen LogP) is 0.797. The summed E-state index contributed by atoms with van der Waals surface area (Å²) in [5.74, 6) is -1.44. The van der Waals surface area contributed by atoms with Gasteiger partial charge in [-0.3, -0.25) is 9.59 Å². The van der Waals surface area contributed by atoms with Crippen LogP contribution in [-0.2, 0) is 14.8 Å². The summed E-state index contributed by atoms with van der Waals surface area (Å²) in [5, 5.41) is 9.29. The summed E-state index contributed by atoms with van der Waals surface area (Å²) in [5.41, 5.74) is 0.172. The zero-order valence-electron chi connectivity index (χ0n) is 11.7. The van der Waals surface area contributed by atoms with Crippen LogP contribution in [0.4, 0.5) is 9.52 Å². The molecule has 0 unspecified atom stereocenters. The fourth-order valence-corrected chi connectivity index (χ4v) is 3.45. The molecule has 0 aliphatic heterocycles. The minimum absolute atomic E-state index is 0.0303. The molecule has 0 fully saturated rings. The Morgan fingerprint density at radius 1 is 1.22 bits per heavy atom. The maximum absolute atomic E-state index is 12.8. The van der Waals surface area contributed by atoms with Gasteiger partial charge in [0.2, 0.25) is 15.4 Å². The quantitative estimate of drug-likeness (QED) is 0.582. The van der Waals surface area contributed by atoms with Crippen molar-refractivity contribution in [2.45, 2.75) is 11.3 Å². The van der Waals surface area contributed by atoms with Gasteiger partial charge in [-0.2, -0.15) is 0 Å². The zero-order chi connectivity index (χ0) is 17.0. The number of hydrogen-bond donors (Lipinski definition) is 2. The molecule has 2 aromatic rings. The molecule has 2 N–H and O–H groups in total. The fourth-order valence-electron chi connectivity index (χ4n) is 1.48. The van der Waals surface area contributed by atoms with Gasteiger partial charge in [0.05, 0.1) is 6.54 Å². The number of carbonyl (C=O) groups is 2. The van der Waals surface area contributed by atoms with Gasteiger partial charge in [-0.15, -0.1) is 10.2 Å². The van der Waals surface area contributed by atoms with Crippen molar-refractivity contribution in [1.29, 1.82) is 0 Å². The molecule has 0 saturated heterocycles. The second-order valence-electron chi connectivity index (χ2n) is 4.31. The van der Waals surface area contributed by atoms with E-state index in [-0.39, 0.29) is 15.0 Å². The molecule has 0 saturated carbocycles. The largest absolute Gasteiger partial charge is 0.301 e. The number of halogens is 1. The average molecular weight is 358 g/mol. The number of nitrogens with zero attached hydrogens (tertiary/aromatic N) is 2. The maximum Gasteiger partial charge on any atom is 0.270 e. The molecule has 11 heteroatoms. The first-order valence-electron chi connectivity index (χ1n) is 6.17. The molecule has 0 bridgehead atoms. The Hall–Kier alpha value is -2.24. The first-order chi connectivity index (χ1) is 10.8. The molecule has 1 amide bonds. The number of carbonyl (C=O) groups excluding carboxylic acids is 2. The minimum atomic E-state index is -4.04. The van der Waals surface area contributed by atoms with Crippen molar-refractivity contribution in [3.05, 3.63) is 35.6 Å². The van der Waals surface area contributed by atoms with Crippen LogP contribution in [0.1, 0.15) is 17.3 Å². The summed E-state index contributed by atoms with van der Waals surface area (Å²) >= 11 is 0.652. The number of sulfonamides is 1. The molecule has 23 heavy (non-hydrogen) atoms. The number of benzene rings is 1. The average Bonchev–Trinajstić information content (AvgIpc) is 2.94. The Labute approximate surface area is 134 Å². The number of ketones is 1. The summed E-state index contributed by atoms with van der Waals surface area (Å²) in [6.07, 6.45) is 0. The van der Waals surface area contributed by atoms with Gasteiger partial charge in [-0.25, -0.2) is 17.5 Å². The molecule has 1 aromatic carbocycles. The Morgan fingerprint density at radius 2 is 1.87 bits per heavy atom. The monoisotopic (exact) mass is 358 g/mol. The van der Waals surface area contributed by atoms with Gasteiger partial charge in [-0.05, 0) is 24.3 Å². The lowest BCUT2D eigenvalue weighted by atomic mass is 10.1. The van der Waals surface area contributed by atoms with Gasteiger partial charge in [-0.1, -0.05) is 11.3 Å². The van der Waals surface area contributed by atoms with E-state index in [4.69, 9.17) is 0 Å². The summed E-state index contributed by atoms with van der Waals surface area (Å²) < 4.78 is 38.5. The number of aromatic nitrogens is 2. The number of Topliss-reactive ketones (excluding diaryl/α,β-unsaturated/α-hetero) is 1. The van der Waals surface area contributed by atoms with Gasteiger partial charge < -0.3 is 5.32 Å². The van der Waals surface area contributed by atoms with Crippen LogP contribution < -0.4 is 10.0 Å². The Morgan fingerprint density at radius 3 is 2.48 bits per heavy atom. The number of nitrogens with one attached hydrogen (secondary N) is 2. The molecule has 0 aliphatic rings. The lowest BCUT2D eigenvalue weighted by Crippen LogP contribution is -2.29. The zero-order valence-corrected chi connectivity index (χ0v) is 13.4. The van der Waals surface area contributed by atoms with Gasteiger partial charge in [0.15, 0.2) is 5.78 Å². The molecule has 0 atom stereocenters. The van der Waals surface area contributed by atoms with E-state index in [0.717, 1.165) is 12.1 Å². The third kappa shape index (κ3) is 4.61. The summed E-state index contributed by atoms with van der Waals surface area (Å²) in [6.45, 7) is 0.734. The summed E-state index contributed by atoms with van der Waals surface area (Å²) in [6, 6.07) is 4.72. The minimum Gasteiger partial charge on any atom is -0.301 e. The van der Waals surface area contributed by atoms with Crippen LogP contribution in [0.5, 0.6) is 0 Å². The van der Waals surface area contributed by atoms with Crippen LogP contribution in [0.25, 0.3) is 0 Å². The molecule has 1 aromatic heterocycles. The Bertz CT molecular complexity index is 833. The SMILES string of the molecule is CC(=O)Nc1nnc(S(=O)(=O)NCC(=O)c2ccc(F)cc2)s1. The van der Waals surface area contributed by atoms with Crippen molar-refractivity contribution in [3.63, 3.8) is 0 Å². The molecule has 0 spiro atoms. The van der Waals surface area contributed by atoms with Crippen LogP contribution in [0.3, 0.4) is 0 Å². The van der Waals surface area contributed by atoms with Crippen LogP contribution in [-0.4, -0.2) is 36.9 Å². The predicted molar refractivity (Wildman–Crippen MR) is 80.1 cm³/mol. The third-order valence-electron chi connectivity index (χ3n) is 2.51. The lowest BCUT2D eigenvalue weighted by Gasteiger charge is -2.03. The van der Waals surface area contributed by atoms with E-state index in [1.807, 2.05) is 0 Å². The van der Waals surface area contributed by atoms with E-state index < -0.39 is 34.1 Å². The molecule has 122 valence electrons. The van der Waals surface area contributed by atoms with Crippen molar-refractivity contribution >= 4 is 38.2 Å². The number of amides is 1. The van der Waals surface area contributed by atoms with Crippen LogP contribution >= 0.6 is 11.3 Å². The van der Waals surface area contributed by atoms with Gasteiger partial charge in [0.1, 0.15) is 5.82 Å². The van der Waals surface area contributed by atoms with E-state index in [2.05, 4.69) is 20.2 Å².